The average Bonchev–Trinajstić information content (AvgIpc) is 3.29. The lowest BCUT2D eigenvalue weighted by molar-refractivity contribution is -0.121. The highest BCUT2D eigenvalue weighted by molar-refractivity contribution is 7.10. The van der Waals surface area contributed by atoms with Gasteiger partial charge in [-0.1, -0.05) is 56.3 Å². The predicted octanol–water partition coefficient (Wildman–Crippen LogP) is 5.35. The number of benzene rings is 2. The maximum atomic E-state index is 13.9. The van der Waals surface area contributed by atoms with Crippen LogP contribution in [0.3, 0.4) is 0 Å². The van der Waals surface area contributed by atoms with Crippen LogP contribution >= 0.6 is 11.3 Å². The lowest BCUT2D eigenvalue weighted by atomic mass is 9.80. The lowest BCUT2D eigenvalue weighted by Crippen LogP contribution is -2.48. The molecule has 2 heterocycles. The number of fused-ring (bicyclic) bond motifs is 1. The molecule has 2 aromatic carbocycles. The Morgan fingerprint density at radius 2 is 1.73 bits per heavy atom. The number of nitrogens with zero attached hydrogens (tertiary/aromatic N) is 2. The normalized spacial score (nSPS) is 18.4. The van der Waals surface area contributed by atoms with Gasteiger partial charge in [-0.25, -0.2) is 0 Å². The monoisotopic (exact) mass is 418 g/mol. The first-order valence-electron chi connectivity index (χ1n) is 10.2. The van der Waals surface area contributed by atoms with E-state index >= 15 is 0 Å². The van der Waals surface area contributed by atoms with Gasteiger partial charge in [0.25, 0.3) is 5.91 Å². The van der Waals surface area contributed by atoms with E-state index in [0.29, 0.717) is 18.0 Å². The molecule has 0 unspecified atom stereocenters. The Morgan fingerprint density at radius 1 is 1.03 bits per heavy atom. The zero-order valence-electron chi connectivity index (χ0n) is 17.5. The number of thiophene rings is 1. The van der Waals surface area contributed by atoms with E-state index in [9.17, 15) is 9.59 Å². The Morgan fingerprint density at radius 3 is 2.40 bits per heavy atom. The molecule has 1 aliphatic rings. The Balaban J connectivity index is 1.86. The summed E-state index contributed by atoms with van der Waals surface area (Å²) in [7, 11) is 1.81. The number of hydrogen-bond acceptors (Lipinski definition) is 3. The number of rotatable bonds is 5. The zero-order valence-corrected chi connectivity index (χ0v) is 18.3. The zero-order chi connectivity index (χ0) is 21.3. The van der Waals surface area contributed by atoms with Gasteiger partial charge in [0.05, 0.1) is 12.0 Å². The Hall–Kier alpha value is -2.92. The van der Waals surface area contributed by atoms with Crippen LogP contribution in [-0.4, -0.2) is 30.3 Å². The van der Waals surface area contributed by atoms with Gasteiger partial charge >= 0.3 is 0 Å². The van der Waals surface area contributed by atoms with Crippen molar-refractivity contribution in [2.45, 2.75) is 25.8 Å². The molecule has 5 heteroatoms. The van der Waals surface area contributed by atoms with Gasteiger partial charge in [-0.15, -0.1) is 11.3 Å². The molecule has 0 radical (unpaired) electrons. The summed E-state index contributed by atoms with van der Waals surface area (Å²) >= 11 is 1.60. The number of carbonyl (C=O) groups excluding carboxylic acids is 2. The molecule has 0 fully saturated rings. The third-order valence-electron chi connectivity index (χ3n) is 5.58. The minimum absolute atomic E-state index is 0.00381. The van der Waals surface area contributed by atoms with Crippen molar-refractivity contribution in [2.75, 3.05) is 18.5 Å². The third kappa shape index (κ3) is 3.65. The van der Waals surface area contributed by atoms with E-state index in [1.54, 1.807) is 16.2 Å². The van der Waals surface area contributed by atoms with Crippen molar-refractivity contribution >= 4 is 28.8 Å². The first kappa shape index (κ1) is 20.4. The number of likely N-dealkylation sites (N-methyl/N-ethyl adjacent to an activating group) is 1. The van der Waals surface area contributed by atoms with Crippen LogP contribution in [0, 0.1) is 5.92 Å². The van der Waals surface area contributed by atoms with Crippen LogP contribution in [0.1, 0.15) is 46.6 Å². The molecule has 3 aromatic rings. The maximum Gasteiger partial charge on any atom is 0.254 e. The van der Waals surface area contributed by atoms with E-state index in [2.05, 4.69) is 13.8 Å². The second kappa shape index (κ2) is 8.44. The lowest BCUT2D eigenvalue weighted by Gasteiger charge is -2.43. The number of hydrogen-bond donors (Lipinski definition) is 0. The molecule has 0 aliphatic carbocycles. The summed E-state index contributed by atoms with van der Waals surface area (Å²) in [5, 5.41) is 2.01. The molecule has 2 atom stereocenters. The molecule has 1 aromatic heterocycles. The van der Waals surface area contributed by atoms with E-state index in [4.69, 9.17) is 0 Å². The number of anilines is 1. The molecule has 0 N–H and O–H groups in total. The second-order valence-corrected chi connectivity index (χ2v) is 9.09. The van der Waals surface area contributed by atoms with Crippen molar-refractivity contribution < 1.29 is 9.59 Å². The fourth-order valence-corrected chi connectivity index (χ4v) is 5.09. The van der Waals surface area contributed by atoms with Crippen molar-refractivity contribution in [1.82, 2.24) is 4.90 Å². The van der Waals surface area contributed by atoms with Crippen molar-refractivity contribution in [3.8, 4) is 0 Å². The molecule has 2 amide bonds. The largest absolute Gasteiger partial charge is 0.329 e. The van der Waals surface area contributed by atoms with E-state index in [0.717, 1.165) is 16.1 Å². The molecular formula is C25H26N2O2S. The van der Waals surface area contributed by atoms with Crippen LogP contribution in [0.5, 0.6) is 0 Å². The summed E-state index contributed by atoms with van der Waals surface area (Å²) < 4.78 is 0. The standard InChI is InChI=1S/C25H26N2O2S/c1-17(2)16-27-23(21-14-9-15-30-21)22(19-12-7-8-13-20(19)24(27)28)25(29)26(3)18-10-5-4-6-11-18/h4-15,17,22-23H,16H2,1-3H3/t22-,23+/m0/s1. The minimum Gasteiger partial charge on any atom is -0.329 e. The Labute approximate surface area is 181 Å². The summed E-state index contributed by atoms with van der Waals surface area (Å²) in [6.07, 6.45) is 0. The summed E-state index contributed by atoms with van der Waals surface area (Å²) in [5.41, 5.74) is 2.29. The maximum absolute atomic E-state index is 13.9. The minimum atomic E-state index is -0.457. The van der Waals surface area contributed by atoms with Crippen LogP contribution in [-0.2, 0) is 4.79 Å². The first-order chi connectivity index (χ1) is 14.5. The van der Waals surface area contributed by atoms with Gasteiger partial charge in [0.15, 0.2) is 0 Å². The molecule has 4 rings (SSSR count). The van der Waals surface area contributed by atoms with Crippen molar-refractivity contribution in [1.29, 1.82) is 0 Å². The third-order valence-corrected chi connectivity index (χ3v) is 6.52. The molecule has 0 spiro atoms. The van der Waals surface area contributed by atoms with Gasteiger partial charge in [0.1, 0.15) is 0 Å². The summed E-state index contributed by atoms with van der Waals surface area (Å²) in [4.78, 5) is 32.0. The second-order valence-electron chi connectivity index (χ2n) is 8.11. The molecule has 154 valence electrons. The highest BCUT2D eigenvalue weighted by Crippen LogP contribution is 2.45. The van der Waals surface area contributed by atoms with E-state index in [1.165, 1.54) is 0 Å². The van der Waals surface area contributed by atoms with Gasteiger partial charge in [-0.2, -0.15) is 0 Å². The van der Waals surface area contributed by atoms with E-state index in [1.807, 2.05) is 84.1 Å². The van der Waals surface area contributed by atoms with Crippen molar-refractivity contribution in [2.24, 2.45) is 5.92 Å². The van der Waals surface area contributed by atoms with Gasteiger partial charge in [-0.3, -0.25) is 9.59 Å². The molecule has 30 heavy (non-hydrogen) atoms. The van der Waals surface area contributed by atoms with Crippen LogP contribution in [0.4, 0.5) is 5.69 Å². The quantitative estimate of drug-likeness (QED) is 0.561. The van der Waals surface area contributed by atoms with Crippen LogP contribution in [0.15, 0.2) is 72.1 Å². The van der Waals surface area contributed by atoms with Crippen LogP contribution in [0.25, 0.3) is 0 Å². The number of para-hydroxylation sites is 1. The molecule has 4 nitrogen and oxygen atoms in total. The number of carbonyl (C=O) groups is 2. The van der Waals surface area contributed by atoms with Crippen LogP contribution in [0.2, 0.25) is 0 Å². The van der Waals surface area contributed by atoms with Gasteiger partial charge in [0.2, 0.25) is 5.91 Å². The number of amides is 2. The summed E-state index contributed by atoms with van der Waals surface area (Å²) in [5.74, 6) is -0.164. The average molecular weight is 419 g/mol. The summed E-state index contributed by atoms with van der Waals surface area (Å²) in [6.45, 7) is 4.81. The van der Waals surface area contributed by atoms with Gasteiger partial charge in [0, 0.05) is 29.7 Å². The molecular weight excluding hydrogens is 392 g/mol. The molecule has 0 saturated heterocycles. The first-order valence-corrected chi connectivity index (χ1v) is 11.1. The Bertz CT molecular complexity index is 1030. The van der Waals surface area contributed by atoms with Gasteiger partial charge < -0.3 is 9.80 Å². The summed E-state index contributed by atoms with van der Waals surface area (Å²) in [6, 6.07) is 20.9. The molecule has 1 aliphatic heterocycles. The molecule has 0 saturated carbocycles. The smallest absolute Gasteiger partial charge is 0.254 e. The van der Waals surface area contributed by atoms with Crippen molar-refractivity contribution in [3.63, 3.8) is 0 Å². The predicted molar refractivity (Wildman–Crippen MR) is 122 cm³/mol. The Kier molecular flexibility index (Phi) is 5.73. The van der Waals surface area contributed by atoms with Crippen LogP contribution < -0.4 is 4.90 Å². The topological polar surface area (TPSA) is 40.6 Å². The van der Waals surface area contributed by atoms with Gasteiger partial charge in [-0.05, 0) is 41.1 Å². The SMILES string of the molecule is CC(C)CN1C(=O)c2ccccc2[C@H](C(=O)N(C)c2ccccc2)[C@H]1c1cccs1. The highest BCUT2D eigenvalue weighted by Gasteiger charge is 2.45. The fraction of sp³-hybridized carbons (Fsp3) is 0.280. The van der Waals surface area contributed by atoms with E-state index < -0.39 is 5.92 Å². The fourth-order valence-electron chi connectivity index (χ4n) is 4.22. The highest BCUT2D eigenvalue weighted by atomic mass is 32.1. The molecule has 0 bridgehead atoms. The van der Waals surface area contributed by atoms with Crippen molar-refractivity contribution in [3.05, 3.63) is 88.1 Å². The van der Waals surface area contributed by atoms with E-state index in [-0.39, 0.29) is 17.9 Å².